The summed E-state index contributed by atoms with van der Waals surface area (Å²) in [6.07, 6.45) is 0.995. The van der Waals surface area contributed by atoms with Gasteiger partial charge in [-0.25, -0.2) is 0 Å². The molecule has 0 aliphatic heterocycles. The maximum atomic E-state index is 11.7. The second-order valence-corrected chi connectivity index (χ2v) is 5.43. The average Bonchev–Trinajstić information content (AvgIpc) is 2.50. The van der Waals surface area contributed by atoms with Crippen LogP contribution in [0.4, 0.5) is 0 Å². The van der Waals surface area contributed by atoms with Crippen molar-refractivity contribution >= 4 is 11.8 Å². The summed E-state index contributed by atoms with van der Waals surface area (Å²) in [5.74, 6) is -0.475. The number of carbonyl (C=O) groups excluding carboxylic acids is 2. The molecule has 0 bridgehead atoms. The largest absolute Gasteiger partial charge is 0.350 e. The van der Waals surface area contributed by atoms with Crippen LogP contribution in [-0.2, 0) is 22.6 Å². The van der Waals surface area contributed by atoms with Crippen molar-refractivity contribution in [1.82, 2.24) is 10.6 Å². The smallest absolute Gasteiger partial charge is 0.239 e. The molecule has 116 valence electrons. The monoisotopic (exact) mass is 291 g/mol. The predicted molar refractivity (Wildman–Crippen MR) is 83.5 cm³/mol. The first kappa shape index (κ1) is 17.2. The summed E-state index contributed by atoms with van der Waals surface area (Å²) < 4.78 is 0. The number of aryl methyl sites for hydroxylation is 1. The van der Waals surface area contributed by atoms with Crippen molar-refractivity contribution in [3.05, 3.63) is 35.4 Å². The first-order chi connectivity index (χ1) is 9.93. The molecule has 21 heavy (non-hydrogen) atoms. The Balaban J connectivity index is 2.32. The number of carbonyl (C=O) groups is 2. The van der Waals surface area contributed by atoms with Crippen molar-refractivity contribution in [2.45, 2.75) is 39.8 Å². The van der Waals surface area contributed by atoms with Crippen molar-refractivity contribution in [3.8, 4) is 0 Å². The number of benzene rings is 1. The van der Waals surface area contributed by atoms with Gasteiger partial charge >= 0.3 is 0 Å². The van der Waals surface area contributed by atoms with E-state index >= 15 is 0 Å². The van der Waals surface area contributed by atoms with Gasteiger partial charge in [-0.05, 0) is 23.5 Å². The second-order valence-electron chi connectivity index (χ2n) is 5.43. The zero-order chi connectivity index (χ0) is 15.8. The maximum Gasteiger partial charge on any atom is 0.239 e. The summed E-state index contributed by atoms with van der Waals surface area (Å²) in [7, 11) is 0. The second kappa shape index (κ2) is 8.42. The van der Waals surface area contributed by atoms with Crippen LogP contribution in [0.25, 0.3) is 0 Å². The van der Waals surface area contributed by atoms with Gasteiger partial charge in [0.2, 0.25) is 11.8 Å². The van der Waals surface area contributed by atoms with Gasteiger partial charge in [-0.3, -0.25) is 9.59 Å². The van der Waals surface area contributed by atoms with E-state index in [1.807, 2.05) is 38.1 Å². The summed E-state index contributed by atoms with van der Waals surface area (Å²) in [4.78, 5) is 23.3. The minimum atomic E-state index is -0.584. The van der Waals surface area contributed by atoms with Gasteiger partial charge in [-0.1, -0.05) is 45.0 Å². The molecule has 5 heteroatoms. The molecule has 0 unspecified atom stereocenters. The quantitative estimate of drug-likeness (QED) is 0.700. The lowest BCUT2D eigenvalue weighted by Gasteiger charge is -2.15. The van der Waals surface area contributed by atoms with Crippen LogP contribution < -0.4 is 16.4 Å². The van der Waals surface area contributed by atoms with E-state index in [1.54, 1.807) is 0 Å². The molecule has 4 N–H and O–H groups in total. The topological polar surface area (TPSA) is 84.2 Å². The minimum Gasteiger partial charge on any atom is -0.350 e. The molecule has 0 fully saturated rings. The highest BCUT2D eigenvalue weighted by molar-refractivity contribution is 5.87. The standard InChI is InChI=1S/C16H25N3O2/c1-4-12-5-7-13(8-6-12)9-18-14(20)10-19-16(21)15(17)11(2)3/h5-8,11,15H,4,9-10,17H2,1-3H3,(H,18,20)(H,19,21)/t15-/m0/s1. The normalized spacial score (nSPS) is 12.0. The summed E-state index contributed by atoms with van der Waals surface area (Å²) in [5, 5.41) is 5.31. The zero-order valence-electron chi connectivity index (χ0n) is 13.0. The lowest BCUT2D eigenvalue weighted by Crippen LogP contribution is -2.47. The number of rotatable bonds is 7. The number of nitrogens with two attached hydrogens (primary N) is 1. The minimum absolute atomic E-state index is 0.0464. The maximum absolute atomic E-state index is 11.7. The third-order valence-electron chi connectivity index (χ3n) is 3.37. The molecular weight excluding hydrogens is 266 g/mol. The Hall–Kier alpha value is -1.88. The highest BCUT2D eigenvalue weighted by Gasteiger charge is 2.17. The van der Waals surface area contributed by atoms with E-state index in [1.165, 1.54) is 5.56 Å². The van der Waals surface area contributed by atoms with Crippen molar-refractivity contribution < 1.29 is 9.59 Å². The molecule has 1 aromatic carbocycles. The lowest BCUT2D eigenvalue weighted by atomic mass is 10.1. The first-order valence-electron chi connectivity index (χ1n) is 7.31. The highest BCUT2D eigenvalue weighted by atomic mass is 16.2. The van der Waals surface area contributed by atoms with Gasteiger partial charge in [-0.15, -0.1) is 0 Å². The van der Waals surface area contributed by atoms with Gasteiger partial charge in [0.1, 0.15) is 0 Å². The molecule has 0 aromatic heterocycles. The first-order valence-corrected chi connectivity index (χ1v) is 7.31. The molecule has 0 spiro atoms. The van der Waals surface area contributed by atoms with Gasteiger partial charge in [-0.2, -0.15) is 0 Å². The molecule has 0 aliphatic rings. The summed E-state index contributed by atoms with van der Waals surface area (Å²) in [5.41, 5.74) is 7.99. The van der Waals surface area contributed by atoms with Crippen LogP contribution in [0.5, 0.6) is 0 Å². The molecule has 1 aromatic rings. The van der Waals surface area contributed by atoms with Crippen LogP contribution in [-0.4, -0.2) is 24.4 Å². The summed E-state index contributed by atoms with van der Waals surface area (Å²) in [6.45, 7) is 6.23. The molecule has 5 nitrogen and oxygen atoms in total. The Labute approximate surface area is 126 Å². The number of hydrogen-bond acceptors (Lipinski definition) is 3. The zero-order valence-corrected chi connectivity index (χ0v) is 13.0. The summed E-state index contributed by atoms with van der Waals surface area (Å²) >= 11 is 0. The number of amides is 2. The van der Waals surface area contributed by atoms with E-state index in [2.05, 4.69) is 17.6 Å². The molecule has 0 aliphatic carbocycles. The van der Waals surface area contributed by atoms with Crippen molar-refractivity contribution in [2.24, 2.45) is 11.7 Å². The van der Waals surface area contributed by atoms with E-state index in [4.69, 9.17) is 5.73 Å². The SMILES string of the molecule is CCc1ccc(CNC(=O)CNC(=O)[C@@H](N)C(C)C)cc1. The van der Waals surface area contributed by atoms with Gasteiger partial charge in [0.25, 0.3) is 0 Å². The van der Waals surface area contributed by atoms with Crippen LogP contribution in [0.3, 0.4) is 0 Å². The van der Waals surface area contributed by atoms with Crippen LogP contribution in [0.15, 0.2) is 24.3 Å². The highest BCUT2D eigenvalue weighted by Crippen LogP contribution is 2.04. The Morgan fingerprint density at radius 1 is 1.10 bits per heavy atom. The van der Waals surface area contributed by atoms with Crippen molar-refractivity contribution in [3.63, 3.8) is 0 Å². The molecule has 0 saturated carbocycles. The summed E-state index contributed by atoms with van der Waals surface area (Å²) in [6, 6.07) is 7.49. The fraction of sp³-hybridized carbons (Fsp3) is 0.500. The Morgan fingerprint density at radius 2 is 1.67 bits per heavy atom. The van der Waals surface area contributed by atoms with Crippen molar-refractivity contribution in [1.29, 1.82) is 0 Å². The van der Waals surface area contributed by atoms with Crippen LogP contribution in [0, 0.1) is 5.92 Å². The number of hydrogen-bond donors (Lipinski definition) is 3. The predicted octanol–water partition coefficient (Wildman–Crippen LogP) is 0.965. The van der Waals surface area contributed by atoms with Crippen LogP contribution in [0.1, 0.15) is 31.9 Å². The third kappa shape index (κ3) is 5.95. The molecule has 0 saturated heterocycles. The third-order valence-corrected chi connectivity index (χ3v) is 3.37. The van der Waals surface area contributed by atoms with Gasteiger partial charge < -0.3 is 16.4 Å². The fourth-order valence-corrected chi connectivity index (χ4v) is 1.74. The fourth-order valence-electron chi connectivity index (χ4n) is 1.74. The van der Waals surface area contributed by atoms with Gasteiger partial charge in [0.05, 0.1) is 12.6 Å². The average molecular weight is 291 g/mol. The molecular formula is C16H25N3O2. The Bertz CT molecular complexity index is 469. The van der Waals surface area contributed by atoms with E-state index < -0.39 is 6.04 Å². The molecule has 2 amide bonds. The van der Waals surface area contributed by atoms with Gasteiger partial charge in [0.15, 0.2) is 0 Å². The van der Waals surface area contributed by atoms with Crippen LogP contribution >= 0.6 is 0 Å². The Morgan fingerprint density at radius 3 is 2.19 bits per heavy atom. The van der Waals surface area contributed by atoms with Crippen molar-refractivity contribution in [2.75, 3.05) is 6.54 Å². The van der Waals surface area contributed by atoms with Crippen LogP contribution in [0.2, 0.25) is 0 Å². The van der Waals surface area contributed by atoms with E-state index in [0.717, 1.165) is 12.0 Å². The Kier molecular flexibility index (Phi) is 6.88. The molecule has 0 heterocycles. The molecule has 1 rings (SSSR count). The molecule has 0 radical (unpaired) electrons. The van der Waals surface area contributed by atoms with E-state index in [-0.39, 0.29) is 24.3 Å². The number of nitrogens with one attached hydrogen (secondary N) is 2. The molecule has 1 atom stereocenters. The van der Waals surface area contributed by atoms with E-state index in [9.17, 15) is 9.59 Å². The van der Waals surface area contributed by atoms with E-state index in [0.29, 0.717) is 6.54 Å². The van der Waals surface area contributed by atoms with Gasteiger partial charge in [0, 0.05) is 6.54 Å². The lowest BCUT2D eigenvalue weighted by molar-refractivity contribution is -0.127.